The number of oxime groups is 1. The van der Waals surface area contributed by atoms with E-state index in [0.29, 0.717) is 60.9 Å². The van der Waals surface area contributed by atoms with E-state index >= 15 is 4.39 Å². The van der Waals surface area contributed by atoms with Crippen LogP contribution in [-0.4, -0.2) is 78.0 Å². The summed E-state index contributed by atoms with van der Waals surface area (Å²) in [6, 6.07) is 8.24. The van der Waals surface area contributed by atoms with Gasteiger partial charge in [0.25, 0.3) is 0 Å². The maximum Gasteiger partial charge on any atom is 0.414 e. The molecule has 3 atom stereocenters. The van der Waals surface area contributed by atoms with Crippen molar-refractivity contribution < 1.29 is 32.9 Å². The number of ether oxygens (including phenoxy) is 3. The monoisotopic (exact) mass is 509 g/mol. The standard InChI is InChI=1S/C25H26FN6O5/c1-25(2)34-14-23(36-25)22-10-21(29-37-22)20-6-3-15(11-27-20)18-5-4-16(9-19(18)26)32-13-17(35-24(32)33)12-31-8-7-28-30-31/h3-6,8-9,11,17,22-23H,7,10,12-14H2,1-2H3/q+1/t17-,22+,23?/m0/s1. The number of amides is 1. The Bertz CT molecular complexity index is 1310. The van der Waals surface area contributed by atoms with Crippen molar-refractivity contribution in [2.24, 2.45) is 15.5 Å². The van der Waals surface area contributed by atoms with E-state index in [9.17, 15) is 4.79 Å². The molecule has 1 aromatic heterocycles. The molecule has 1 unspecified atom stereocenters. The van der Waals surface area contributed by atoms with E-state index in [1.165, 1.54) is 11.0 Å². The van der Waals surface area contributed by atoms with E-state index < -0.39 is 17.7 Å². The van der Waals surface area contributed by atoms with Gasteiger partial charge in [0.1, 0.15) is 29.1 Å². The molecule has 4 aliphatic heterocycles. The molecule has 0 radical (unpaired) electrons. The number of carbonyl (C=O) groups excluding carboxylic acids is 1. The Morgan fingerprint density at radius 2 is 2.11 bits per heavy atom. The van der Waals surface area contributed by atoms with Crippen LogP contribution in [0.5, 0.6) is 0 Å². The lowest BCUT2D eigenvalue weighted by molar-refractivity contribution is -0.538. The van der Waals surface area contributed by atoms with Crippen molar-refractivity contribution in [3.63, 3.8) is 0 Å². The van der Waals surface area contributed by atoms with Gasteiger partial charge < -0.3 is 19.0 Å². The molecule has 2 saturated heterocycles. The minimum absolute atomic E-state index is 0.199. The van der Waals surface area contributed by atoms with E-state index in [4.69, 9.17) is 19.0 Å². The van der Waals surface area contributed by atoms with Gasteiger partial charge in [-0.1, -0.05) is 11.2 Å². The Hall–Kier alpha value is -3.77. The highest BCUT2D eigenvalue weighted by atomic mass is 19.1. The molecule has 0 spiro atoms. The Morgan fingerprint density at radius 1 is 1.22 bits per heavy atom. The number of hydrogen-bond donors (Lipinski definition) is 0. The molecule has 1 amide bonds. The second-order valence-corrected chi connectivity index (χ2v) is 9.68. The van der Waals surface area contributed by atoms with Crippen molar-refractivity contribution in [3.8, 4) is 11.1 Å². The predicted octanol–water partition coefficient (Wildman–Crippen LogP) is 3.32. The van der Waals surface area contributed by atoms with E-state index in [0.717, 1.165) is 0 Å². The number of anilines is 1. The van der Waals surface area contributed by atoms with Crippen LogP contribution in [0.1, 0.15) is 26.0 Å². The van der Waals surface area contributed by atoms with Gasteiger partial charge in [-0.25, -0.2) is 9.18 Å². The normalized spacial score (nSPS) is 26.3. The van der Waals surface area contributed by atoms with Crippen LogP contribution in [0.2, 0.25) is 0 Å². The second-order valence-electron chi connectivity index (χ2n) is 9.68. The van der Waals surface area contributed by atoms with E-state index in [-0.39, 0.29) is 18.3 Å². The molecular weight excluding hydrogens is 483 g/mol. The van der Waals surface area contributed by atoms with Gasteiger partial charge in [-0.15, -0.1) is 4.68 Å². The van der Waals surface area contributed by atoms with Gasteiger partial charge >= 0.3 is 6.09 Å². The zero-order valence-corrected chi connectivity index (χ0v) is 20.4. The highest BCUT2D eigenvalue weighted by Gasteiger charge is 2.41. The number of rotatable bonds is 6. The van der Waals surface area contributed by atoms with E-state index in [2.05, 4.69) is 20.5 Å². The van der Waals surface area contributed by atoms with Crippen LogP contribution in [0.25, 0.3) is 11.1 Å². The predicted molar refractivity (Wildman–Crippen MR) is 129 cm³/mol. The lowest BCUT2D eigenvalue weighted by atomic mass is 10.0. The molecule has 12 heteroatoms. The topological polar surface area (TPSA) is 110 Å². The third-order valence-corrected chi connectivity index (χ3v) is 6.59. The van der Waals surface area contributed by atoms with Crippen molar-refractivity contribution in [1.29, 1.82) is 0 Å². The molecule has 37 heavy (non-hydrogen) atoms. The molecule has 0 saturated carbocycles. The number of hydrogen-bond acceptors (Lipinski definition) is 9. The van der Waals surface area contributed by atoms with Gasteiger partial charge in [0, 0.05) is 28.9 Å². The molecule has 5 heterocycles. The highest BCUT2D eigenvalue weighted by molar-refractivity contribution is 6.00. The van der Waals surface area contributed by atoms with Crippen LogP contribution >= 0.6 is 0 Å². The van der Waals surface area contributed by atoms with Crippen LogP contribution in [0.3, 0.4) is 0 Å². The van der Waals surface area contributed by atoms with Crippen LogP contribution in [-0.2, 0) is 19.0 Å². The second kappa shape index (κ2) is 9.27. The zero-order valence-electron chi connectivity index (χ0n) is 20.4. The molecule has 4 aliphatic rings. The van der Waals surface area contributed by atoms with Gasteiger partial charge in [0.15, 0.2) is 24.5 Å². The molecule has 192 valence electrons. The van der Waals surface area contributed by atoms with Crippen molar-refractivity contribution >= 4 is 23.7 Å². The minimum atomic E-state index is -0.633. The summed E-state index contributed by atoms with van der Waals surface area (Å²) in [4.78, 5) is 23.9. The molecule has 0 aliphatic carbocycles. The number of carbonyl (C=O) groups is 1. The van der Waals surface area contributed by atoms with Crippen LogP contribution in [0.15, 0.2) is 52.0 Å². The van der Waals surface area contributed by atoms with Gasteiger partial charge in [0.2, 0.25) is 6.54 Å². The molecule has 0 N–H and O–H groups in total. The van der Waals surface area contributed by atoms with Crippen molar-refractivity contribution in [2.45, 2.75) is 44.4 Å². The number of halogens is 1. The lowest BCUT2D eigenvalue weighted by Crippen LogP contribution is -2.31. The van der Waals surface area contributed by atoms with Gasteiger partial charge in [-0.2, -0.15) is 0 Å². The van der Waals surface area contributed by atoms with Crippen molar-refractivity contribution in [1.82, 2.24) is 4.98 Å². The van der Waals surface area contributed by atoms with Gasteiger partial charge in [-0.3, -0.25) is 9.88 Å². The van der Waals surface area contributed by atoms with Crippen LogP contribution < -0.4 is 4.90 Å². The number of cyclic esters (lactones) is 1. The minimum Gasteiger partial charge on any atom is -0.440 e. The first-order valence-corrected chi connectivity index (χ1v) is 12.1. The third kappa shape index (κ3) is 4.81. The van der Waals surface area contributed by atoms with Crippen LogP contribution in [0.4, 0.5) is 14.9 Å². The van der Waals surface area contributed by atoms with E-state index in [1.54, 1.807) is 35.1 Å². The Kier molecular flexibility index (Phi) is 5.92. The first-order valence-electron chi connectivity index (χ1n) is 12.1. The summed E-state index contributed by atoms with van der Waals surface area (Å²) in [5.41, 5.74) is 2.77. The lowest BCUT2D eigenvalue weighted by Gasteiger charge is -2.19. The summed E-state index contributed by atoms with van der Waals surface area (Å²) in [6.45, 7) is 5.39. The average Bonchev–Trinajstić information content (AvgIpc) is 3.67. The molecule has 11 nitrogen and oxygen atoms in total. The molecule has 0 bridgehead atoms. The van der Waals surface area contributed by atoms with E-state index in [1.807, 2.05) is 20.1 Å². The van der Waals surface area contributed by atoms with Gasteiger partial charge in [-0.05, 0) is 38.1 Å². The van der Waals surface area contributed by atoms with Gasteiger partial charge in [0.05, 0.1) is 24.5 Å². The number of benzene rings is 1. The first kappa shape index (κ1) is 23.6. The fourth-order valence-corrected chi connectivity index (χ4v) is 4.71. The molecule has 2 fully saturated rings. The van der Waals surface area contributed by atoms with Crippen molar-refractivity contribution in [3.05, 3.63) is 48.0 Å². The number of aromatic nitrogens is 1. The molecule has 2 aromatic rings. The average molecular weight is 510 g/mol. The summed E-state index contributed by atoms with van der Waals surface area (Å²) in [5.74, 6) is -1.10. The largest absolute Gasteiger partial charge is 0.440 e. The summed E-state index contributed by atoms with van der Waals surface area (Å²) >= 11 is 0. The molecule has 1 aromatic carbocycles. The summed E-state index contributed by atoms with van der Waals surface area (Å²) in [5, 5.41) is 12.0. The Balaban J connectivity index is 1.11. The Morgan fingerprint density at radius 3 is 2.81 bits per heavy atom. The summed E-state index contributed by atoms with van der Waals surface area (Å²) in [7, 11) is 0. The third-order valence-electron chi connectivity index (χ3n) is 6.59. The summed E-state index contributed by atoms with van der Waals surface area (Å²) < 4.78 is 33.7. The number of pyridine rings is 1. The van der Waals surface area contributed by atoms with Crippen LogP contribution in [0, 0.1) is 5.82 Å². The SMILES string of the molecule is CC1(C)OCC([C@H]2CC(c3ccc(-c4ccc(N5C[C@H](C[N+]6=CCN=N6)OC5=O)cc4F)cn3)=NO2)O1. The Labute approximate surface area is 212 Å². The smallest absolute Gasteiger partial charge is 0.414 e. The number of nitrogens with zero attached hydrogens (tertiary/aromatic N) is 6. The maximum absolute atomic E-state index is 15.1. The fraction of sp³-hybridized carbons (Fsp3) is 0.440. The zero-order chi connectivity index (χ0) is 25.6. The summed E-state index contributed by atoms with van der Waals surface area (Å²) in [6.07, 6.45) is 2.62. The molecular formula is C25H26FN6O5+. The quantitative estimate of drug-likeness (QED) is 0.553. The first-order chi connectivity index (χ1) is 17.8. The maximum atomic E-state index is 15.1. The molecule has 6 rings (SSSR count). The highest BCUT2D eigenvalue weighted by Crippen LogP contribution is 2.31. The van der Waals surface area contributed by atoms with Crippen molar-refractivity contribution in [2.75, 3.05) is 31.1 Å². The fourth-order valence-electron chi connectivity index (χ4n) is 4.71.